The highest BCUT2D eigenvalue weighted by Crippen LogP contribution is 2.24. The van der Waals surface area contributed by atoms with Crippen molar-refractivity contribution in [1.82, 2.24) is 9.03 Å². The number of hydrogen-bond acceptors (Lipinski definition) is 4. The average molecular weight is 375 g/mol. The molecule has 0 amide bonds. The van der Waals surface area contributed by atoms with E-state index in [1.807, 2.05) is 6.92 Å². The Balaban J connectivity index is 2.20. The van der Waals surface area contributed by atoms with Gasteiger partial charge in [-0.2, -0.15) is 4.31 Å². The second-order valence-electron chi connectivity index (χ2n) is 6.49. The maximum atomic E-state index is 12.6. The molecule has 0 bridgehead atoms. The first kappa shape index (κ1) is 19.4. The van der Waals surface area contributed by atoms with Crippen molar-refractivity contribution in [1.29, 1.82) is 0 Å². The first-order valence-electron chi connectivity index (χ1n) is 8.29. The van der Waals surface area contributed by atoms with E-state index in [9.17, 15) is 16.8 Å². The number of rotatable bonds is 6. The van der Waals surface area contributed by atoms with Gasteiger partial charge in [-0.25, -0.2) is 21.6 Å². The van der Waals surface area contributed by atoms with Crippen molar-refractivity contribution in [3.05, 3.63) is 24.3 Å². The largest absolute Gasteiger partial charge is 0.243 e. The van der Waals surface area contributed by atoms with Gasteiger partial charge in [0.2, 0.25) is 20.0 Å². The molecular formula is C16H26N2O4S2. The smallest absolute Gasteiger partial charge is 0.208 e. The normalized spacial score (nSPS) is 19.3. The van der Waals surface area contributed by atoms with Crippen molar-refractivity contribution in [2.24, 2.45) is 5.92 Å². The first-order valence-corrected chi connectivity index (χ1v) is 11.2. The molecule has 1 heterocycles. The van der Waals surface area contributed by atoms with Gasteiger partial charge in [0.05, 0.1) is 9.79 Å². The van der Waals surface area contributed by atoms with Crippen LogP contribution in [0.2, 0.25) is 0 Å². The minimum atomic E-state index is -3.62. The molecule has 0 aromatic heterocycles. The van der Waals surface area contributed by atoms with Crippen LogP contribution in [0.5, 0.6) is 0 Å². The molecule has 0 spiro atoms. The Bertz CT molecular complexity index is 750. The Morgan fingerprint density at radius 1 is 1.08 bits per heavy atom. The zero-order valence-corrected chi connectivity index (χ0v) is 16.0. The molecule has 8 heteroatoms. The molecule has 0 radical (unpaired) electrons. The van der Waals surface area contributed by atoms with Crippen LogP contribution in [0.25, 0.3) is 0 Å². The zero-order chi connectivity index (χ0) is 18.0. The summed E-state index contributed by atoms with van der Waals surface area (Å²) in [6.07, 6.45) is 2.38. The third kappa shape index (κ3) is 4.36. The number of piperidine rings is 1. The van der Waals surface area contributed by atoms with Crippen LogP contribution >= 0.6 is 0 Å². The van der Waals surface area contributed by atoms with Gasteiger partial charge in [-0.3, -0.25) is 0 Å². The molecule has 1 atom stereocenters. The van der Waals surface area contributed by atoms with Gasteiger partial charge in [-0.15, -0.1) is 0 Å². The molecule has 1 aliphatic rings. The molecule has 1 unspecified atom stereocenters. The van der Waals surface area contributed by atoms with Crippen LogP contribution < -0.4 is 4.72 Å². The lowest BCUT2D eigenvalue weighted by Crippen LogP contribution is -2.37. The lowest BCUT2D eigenvalue weighted by Gasteiger charge is -2.29. The maximum absolute atomic E-state index is 12.6. The van der Waals surface area contributed by atoms with Crippen LogP contribution in [0.1, 0.15) is 40.0 Å². The van der Waals surface area contributed by atoms with Crippen LogP contribution in [-0.2, 0) is 20.0 Å². The second-order valence-corrected chi connectivity index (χ2v) is 10.1. The molecule has 0 saturated carbocycles. The van der Waals surface area contributed by atoms with E-state index in [4.69, 9.17) is 0 Å². The van der Waals surface area contributed by atoms with E-state index >= 15 is 0 Å². The molecule has 1 aromatic carbocycles. The average Bonchev–Trinajstić information content (AvgIpc) is 2.55. The van der Waals surface area contributed by atoms with E-state index in [1.54, 1.807) is 6.92 Å². The number of nitrogens with zero attached hydrogens (tertiary/aromatic N) is 1. The van der Waals surface area contributed by atoms with Crippen molar-refractivity contribution in [2.75, 3.05) is 13.1 Å². The standard InChI is InChI=1S/C16H26N2O4S2/c1-4-14(3)17-23(19,20)15-5-7-16(8-6-15)24(21,22)18-11-9-13(2)10-12-18/h5-8,13-14,17H,4,9-12H2,1-3H3. The highest BCUT2D eigenvalue weighted by atomic mass is 32.2. The molecule has 136 valence electrons. The van der Waals surface area contributed by atoms with Gasteiger partial charge in [0.25, 0.3) is 0 Å². The third-order valence-corrected chi connectivity index (χ3v) is 8.00. The van der Waals surface area contributed by atoms with Crippen LogP contribution in [0.15, 0.2) is 34.1 Å². The van der Waals surface area contributed by atoms with Gasteiger partial charge in [-0.1, -0.05) is 13.8 Å². The van der Waals surface area contributed by atoms with E-state index in [1.165, 1.54) is 28.6 Å². The minimum absolute atomic E-state index is 0.0778. The molecular weight excluding hydrogens is 348 g/mol. The van der Waals surface area contributed by atoms with Crippen LogP contribution in [0, 0.1) is 5.92 Å². The van der Waals surface area contributed by atoms with Crippen molar-refractivity contribution < 1.29 is 16.8 Å². The van der Waals surface area contributed by atoms with Gasteiger partial charge in [-0.05, 0) is 56.4 Å². The summed E-state index contributed by atoms with van der Waals surface area (Å²) in [7, 11) is -7.18. The summed E-state index contributed by atoms with van der Waals surface area (Å²) in [6, 6.07) is 5.28. The maximum Gasteiger partial charge on any atom is 0.243 e. The Kier molecular flexibility index (Phi) is 6.06. The lowest BCUT2D eigenvalue weighted by molar-refractivity contribution is 0.288. The predicted molar refractivity (Wildman–Crippen MR) is 93.7 cm³/mol. The Morgan fingerprint density at radius 2 is 1.58 bits per heavy atom. The van der Waals surface area contributed by atoms with Crippen molar-refractivity contribution in [3.8, 4) is 0 Å². The Morgan fingerprint density at radius 3 is 2.08 bits per heavy atom. The van der Waals surface area contributed by atoms with Crippen molar-refractivity contribution in [2.45, 2.75) is 55.9 Å². The van der Waals surface area contributed by atoms with Crippen LogP contribution in [-0.4, -0.2) is 40.3 Å². The molecule has 2 rings (SSSR count). The molecule has 24 heavy (non-hydrogen) atoms. The zero-order valence-electron chi connectivity index (χ0n) is 14.4. The monoisotopic (exact) mass is 374 g/mol. The summed E-state index contributed by atoms with van der Waals surface area (Å²) >= 11 is 0. The number of benzene rings is 1. The van der Waals surface area contributed by atoms with E-state index in [0.717, 1.165) is 12.8 Å². The summed E-state index contributed by atoms with van der Waals surface area (Å²) in [5.41, 5.74) is 0. The van der Waals surface area contributed by atoms with E-state index < -0.39 is 20.0 Å². The van der Waals surface area contributed by atoms with Crippen molar-refractivity contribution in [3.63, 3.8) is 0 Å². The molecule has 1 fully saturated rings. The summed E-state index contributed by atoms with van der Waals surface area (Å²) < 4.78 is 53.8. The lowest BCUT2D eigenvalue weighted by atomic mass is 10.0. The molecule has 1 aromatic rings. The number of hydrogen-bond donors (Lipinski definition) is 1. The van der Waals surface area contributed by atoms with E-state index in [0.29, 0.717) is 25.4 Å². The Hall–Kier alpha value is -0.960. The molecule has 1 saturated heterocycles. The summed E-state index contributed by atoms with van der Waals surface area (Å²) in [6.45, 7) is 6.82. The quantitative estimate of drug-likeness (QED) is 0.827. The van der Waals surface area contributed by atoms with Gasteiger partial charge in [0.1, 0.15) is 0 Å². The second kappa shape index (κ2) is 7.51. The van der Waals surface area contributed by atoms with Gasteiger partial charge in [0, 0.05) is 19.1 Å². The van der Waals surface area contributed by atoms with Crippen molar-refractivity contribution >= 4 is 20.0 Å². The highest BCUT2D eigenvalue weighted by Gasteiger charge is 2.28. The summed E-state index contributed by atoms with van der Waals surface area (Å²) in [5.74, 6) is 0.538. The van der Waals surface area contributed by atoms with Gasteiger partial charge < -0.3 is 0 Å². The van der Waals surface area contributed by atoms with E-state index in [-0.39, 0.29) is 15.8 Å². The summed E-state index contributed by atoms with van der Waals surface area (Å²) in [5, 5.41) is 0. The number of sulfonamides is 2. The molecule has 0 aliphatic carbocycles. The number of nitrogens with one attached hydrogen (secondary N) is 1. The molecule has 1 aliphatic heterocycles. The van der Waals surface area contributed by atoms with Crippen LogP contribution in [0.3, 0.4) is 0 Å². The molecule has 1 N–H and O–H groups in total. The first-order chi connectivity index (χ1) is 11.2. The van der Waals surface area contributed by atoms with Gasteiger partial charge >= 0.3 is 0 Å². The minimum Gasteiger partial charge on any atom is -0.208 e. The predicted octanol–water partition coefficient (Wildman–Crippen LogP) is 2.18. The highest BCUT2D eigenvalue weighted by molar-refractivity contribution is 7.89. The van der Waals surface area contributed by atoms with Gasteiger partial charge in [0.15, 0.2) is 0 Å². The SMILES string of the molecule is CCC(C)NS(=O)(=O)c1ccc(S(=O)(=O)N2CCC(C)CC2)cc1. The fourth-order valence-electron chi connectivity index (χ4n) is 2.58. The van der Waals surface area contributed by atoms with E-state index in [2.05, 4.69) is 11.6 Å². The fraction of sp³-hybridized carbons (Fsp3) is 0.625. The Labute approximate surface area is 145 Å². The topological polar surface area (TPSA) is 83.5 Å². The van der Waals surface area contributed by atoms with Crippen LogP contribution in [0.4, 0.5) is 0 Å². The summed E-state index contributed by atoms with van der Waals surface area (Å²) in [4.78, 5) is 0.216. The fourth-order valence-corrected chi connectivity index (χ4v) is 5.38. The third-order valence-electron chi connectivity index (χ3n) is 4.48. The molecule has 6 nitrogen and oxygen atoms in total.